The van der Waals surface area contributed by atoms with E-state index in [2.05, 4.69) is 5.32 Å². The molecule has 7 heteroatoms. The standard InChI is InChI=1S/C14H17Cl2NO4/c1-8(2)5-12(14(19)20)17-13(18)7-21-9-3-4-10(15)11(16)6-9/h3-4,6,8,12H,5,7H2,1-2H3,(H,17,18)(H,19,20). The van der Waals surface area contributed by atoms with Crippen molar-refractivity contribution in [1.82, 2.24) is 5.32 Å². The number of rotatable bonds is 7. The lowest BCUT2D eigenvalue weighted by atomic mass is 10.0. The lowest BCUT2D eigenvalue weighted by molar-refractivity contribution is -0.142. The van der Waals surface area contributed by atoms with Gasteiger partial charge in [-0.25, -0.2) is 4.79 Å². The molecule has 1 aromatic carbocycles. The molecule has 0 aromatic heterocycles. The van der Waals surface area contributed by atoms with Crippen molar-refractivity contribution in [3.8, 4) is 5.75 Å². The highest BCUT2D eigenvalue weighted by Crippen LogP contribution is 2.26. The molecule has 1 rings (SSSR count). The third-order valence-corrected chi connectivity index (χ3v) is 3.34. The van der Waals surface area contributed by atoms with E-state index in [-0.39, 0.29) is 12.5 Å². The van der Waals surface area contributed by atoms with E-state index in [1.54, 1.807) is 12.1 Å². The maximum absolute atomic E-state index is 11.7. The maximum atomic E-state index is 11.7. The van der Waals surface area contributed by atoms with Crippen LogP contribution in [0.3, 0.4) is 0 Å². The van der Waals surface area contributed by atoms with Crippen LogP contribution in [0.5, 0.6) is 5.75 Å². The van der Waals surface area contributed by atoms with Gasteiger partial charge in [0.25, 0.3) is 5.91 Å². The molecule has 1 atom stereocenters. The van der Waals surface area contributed by atoms with Gasteiger partial charge in [0.2, 0.25) is 0 Å². The van der Waals surface area contributed by atoms with Crippen LogP contribution in [0, 0.1) is 5.92 Å². The number of ether oxygens (including phenoxy) is 1. The molecule has 5 nitrogen and oxygen atoms in total. The van der Waals surface area contributed by atoms with Gasteiger partial charge in [-0.3, -0.25) is 4.79 Å². The van der Waals surface area contributed by atoms with Gasteiger partial charge in [0.1, 0.15) is 11.8 Å². The Hall–Kier alpha value is -1.46. The van der Waals surface area contributed by atoms with Crippen molar-refractivity contribution in [3.05, 3.63) is 28.2 Å². The lowest BCUT2D eigenvalue weighted by Gasteiger charge is -2.16. The number of carboxylic acid groups (broad SMARTS) is 1. The average molecular weight is 334 g/mol. The fourth-order valence-electron chi connectivity index (χ4n) is 1.64. The smallest absolute Gasteiger partial charge is 0.326 e. The van der Waals surface area contributed by atoms with E-state index in [1.165, 1.54) is 6.07 Å². The van der Waals surface area contributed by atoms with Crippen molar-refractivity contribution in [2.24, 2.45) is 5.92 Å². The molecule has 0 aliphatic heterocycles. The van der Waals surface area contributed by atoms with Crippen LogP contribution in [-0.2, 0) is 9.59 Å². The molecule has 0 aliphatic rings. The third-order valence-electron chi connectivity index (χ3n) is 2.60. The molecule has 21 heavy (non-hydrogen) atoms. The number of amides is 1. The minimum atomic E-state index is -1.06. The summed E-state index contributed by atoms with van der Waals surface area (Å²) < 4.78 is 5.24. The molecule has 0 saturated heterocycles. The highest BCUT2D eigenvalue weighted by Gasteiger charge is 2.21. The molecule has 1 aromatic rings. The molecule has 0 heterocycles. The van der Waals surface area contributed by atoms with Crippen molar-refractivity contribution < 1.29 is 19.4 Å². The summed E-state index contributed by atoms with van der Waals surface area (Å²) in [7, 11) is 0. The van der Waals surface area contributed by atoms with E-state index in [0.717, 1.165) is 0 Å². The zero-order valence-electron chi connectivity index (χ0n) is 11.7. The first kappa shape index (κ1) is 17.6. The van der Waals surface area contributed by atoms with Crippen molar-refractivity contribution in [3.63, 3.8) is 0 Å². The molecule has 0 bridgehead atoms. The van der Waals surface area contributed by atoms with Crippen molar-refractivity contribution >= 4 is 35.1 Å². The number of nitrogens with one attached hydrogen (secondary N) is 1. The van der Waals surface area contributed by atoms with Crippen molar-refractivity contribution in [1.29, 1.82) is 0 Å². The highest BCUT2D eigenvalue weighted by atomic mass is 35.5. The van der Waals surface area contributed by atoms with Gasteiger partial charge in [0, 0.05) is 6.07 Å². The SMILES string of the molecule is CC(C)CC(NC(=O)COc1ccc(Cl)c(Cl)c1)C(=O)O. The number of carbonyl (C=O) groups excluding carboxylic acids is 1. The molecule has 1 unspecified atom stereocenters. The van der Waals surface area contributed by atoms with E-state index < -0.39 is 17.9 Å². The van der Waals surface area contributed by atoms with Crippen LogP contribution in [0.15, 0.2) is 18.2 Å². The monoisotopic (exact) mass is 333 g/mol. The van der Waals surface area contributed by atoms with Gasteiger partial charge in [-0.1, -0.05) is 37.0 Å². The summed E-state index contributed by atoms with van der Waals surface area (Å²) in [5.41, 5.74) is 0. The largest absolute Gasteiger partial charge is 0.484 e. The Kier molecular flexibility index (Phi) is 6.78. The predicted molar refractivity (Wildman–Crippen MR) is 81.0 cm³/mol. The van der Waals surface area contributed by atoms with Crippen LogP contribution in [0.1, 0.15) is 20.3 Å². The van der Waals surface area contributed by atoms with Crippen molar-refractivity contribution in [2.75, 3.05) is 6.61 Å². The Morgan fingerprint density at radius 3 is 2.48 bits per heavy atom. The molecular weight excluding hydrogens is 317 g/mol. The topological polar surface area (TPSA) is 75.6 Å². The summed E-state index contributed by atoms with van der Waals surface area (Å²) in [6, 6.07) is 3.69. The highest BCUT2D eigenvalue weighted by molar-refractivity contribution is 6.42. The van der Waals surface area contributed by atoms with Gasteiger partial charge in [-0.2, -0.15) is 0 Å². The molecular formula is C14H17Cl2NO4. The minimum Gasteiger partial charge on any atom is -0.484 e. The average Bonchev–Trinajstić information content (AvgIpc) is 2.38. The van der Waals surface area contributed by atoms with Crippen LogP contribution >= 0.6 is 23.2 Å². The third kappa shape index (κ3) is 6.23. The van der Waals surface area contributed by atoms with E-state index in [4.69, 9.17) is 33.0 Å². The summed E-state index contributed by atoms with van der Waals surface area (Å²) in [5.74, 6) is -1.03. The normalized spacial score (nSPS) is 12.0. The Morgan fingerprint density at radius 1 is 1.29 bits per heavy atom. The number of halogens is 2. The number of benzene rings is 1. The summed E-state index contributed by atoms with van der Waals surface area (Å²) in [4.78, 5) is 22.7. The zero-order valence-corrected chi connectivity index (χ0v) is 13.2. The van der Waals surface area contributed by atoms with Gasteiger partial charge in [0.05, 0.1) is 10.0 Å². The molecule has 2 N–H and O–H groups in total. The summed E-state index contributed by atoms with van der Waals surface area (Å²) in [5, 5.41) is 12.2. The van der Waals surface area contributed by atoms with Crippen LogP contribution < -0.4 is 10.1 Å². The molecule has 0 aliphatic carbocycles. The zero-order chi connectivity index (χ0) is 16.0. The van der Waals surface area contributed by atoms with Crippen molar-refractivity contribution in [2.45, 2.75) is 26.3 Å². The second-order valence-electron chi connectivity index (χ2n) is 4.95. The number of hydrogen-bond donors (Lipinski definition) is 2. The summed E-state index contributed by atoms with van der Waals surface area (Å²) in [6.45, 7) is 3.47. The number of aliphatic carboxylic acids is 1. The van der Waals surface area contributed by atoms with E-state index in [0.29, 0.717) is 22.2 Å². The van der Waals surface area contributed by atoms with Gasteiger partial charge in [-0.15, -0.1) is 0 Å². The van der Waals surface area contributed by atoms with Gasteiger partial charge in [0.15, 0.2) is 6.61 Å². The number of hydrogen-bond acceptors (Lipinski definition) is 3. The summed E-state index contributed by atoms with van der Waals surface area (Å²) in [6.07, 6.45) is 0.355. The number of carboxylic acids is 1. The van der Waals surface area contributed by atoms with Crippen LogP contribution in [0.4, 0.5) is 0 Å². The van der Waals surface area contributed by atoms with E-state index >= 15 is 0 Å². The van der Waals surface area contributed by atoms with E-state index in [9.17, 15) is 9.59 Å². The molecule has 0 saturated carbocycles. The van der Waals surface area contributed by atoms with E-state index in [1.807, 2.05) is 13.8 Å². The summed E-state index contributed by atoms with van der Waals surface area (Å²) >= 11 is 11.6. The first-order valence-corrected chi connectivity index (χ1v) is 7.15. The Bertz CT molecular complexity index is 520. The second-order valence-corrected chi connectivity index (χ2v) is 5.77. The fraction of sp³-hybridized carbons (Fsp3) is 0.429. The first-order valence-electron chi connectivity index (χ1n) is 6.39. The van der Waals surface area contributed by atoms with Gasteiger partial charge >= 0.3 is 5.97 Å². The maximum Gasteiger partial charge on any atom is 0.326 e. The van der Waals surface area contributed by atoms with Crippen LogP contribution in [-0.4, -0.2) is 29.6 Å². The molecule has 0 radical (unpaired) electrons. The Labute approximate surface area is 133 Å². The molecule has 0 fully saturated rings. The quantitative estimate of drug-likeness (QED) is 0.804. The van der Waals surface area contributed by atoms with Gasteiger partial charge < -0.3 is 15.2 Å². The molecule has 116 valence electrons. The first-order chi connectivity index (χ1) is 9.79. The minimum absolute atomic E-state index is 0.155. The van der Waals surface area contributed by atoms with Crippen LogP contribution in [0.2, 0.25) is 10.0 Å². The number of carbonyl (C=O) groups is 2. The molecule has 0 spiro atoms. The lowest BCUT2D eigenvalue weighted by Crippen LogP contribution is -2.43. The predicted octanol–water partition coefficient (Wildman–Crippen LogP) is 2.99. The van der Waals surface area contributed by atoms with Crippen LogP contribution in [0.25, 0.3) is 0 Å². The Morgan fingerprint density at radius 2 is 1.95 bits per heavy atom. The Balaban J connectivity index is 2.52. The van der Waals surface area contributed by atoms with Gasteiger partial charge in [-0.05, 0) is 24.5 Å². The second kappa shape index (κ2) is 8.10. The molecule has 1 amide bonds. The fourth-order valence-corrected chi connectivity index (χ4v) is 1.93.